The van der Waals surface area contributed by atoms with Gasteiger partial charge in [0.15, 0.2) is 0 Å². The number of aromatic nitrogens is 3. The smallest absolute Gasteiger partial charge is 0.384 e. The Morgan fingerprint density at radius 3 is 2.38 bits per heavy atom. The first-order valence-corrected chi connectivity index (χ1v) is 11.1. The molecular formula is C23H24ClF3N6O. The first kappa shape index (κ1) is 24.0. The Labute approximate surface area is 199 Å². The first-order chi connectivity index (χ1) is 15.9. The van der Waals surface area contributed by atoms with Gasteiger partial charge < -0.3 is 15.5 Å². The third-order valence-electron chi connectivity index (χ3n) is 6.09. The average molecular weight is 493 g/mol. The minimum atomic E-state index is -4.64. The summed E-state index contributed by atoms with van der Waals surface area (Å²) in [5.41, 5.74) is 5.02. The van der Waals surface area contributed by atoms with Gasteiger partial charge in [-0.05, 0) is 44.5 Å². The molecule has 1 fully saturated rings. The van der Waals surface area contributed by atoms with Crippen LogP contribution in [0, 0.1) is 6.92 Å². The Hall–Kier alpha value is -3.14. The normalized spacial score (nSPS) is 19.1. The van der Waals surface area contributed by atoms with E-state index in [-0.39, 0.29) is 45.7 Å². The number of amides is 1. The van der Waals surface area contributed by atoms with Crippen molar-refractivity contribution in [1.29, 1.82) is 0 Å². The van der Waals surface area contributed by atoms with Crippen molar-refractivity contribution >= 4 is 40.0 Å². The summed E-state index contributed by atoms with van der Waals surface area (Å²) in [6, 6.07) is 4.16. The highest BCUT2D eigenvalue weighted by atomic mass is 35.5. The molecule has 3 aromatic rings. The molecule has 34 heavy (non-hydrogen) atoms. The zero-order valence-corrected chi connectivity index (χ0v) is 19.9. The van der Waals surface area contributed by atoms with Crippen LogP contribution in [0.15, 0.2) is 24.5 Å². The topological polar surface area (TPSA) is 88.2 Å². The van der Waals surface area contributed by atoms with E-state index in [1.54, 1.807) is 11.0 Å². The summed E-state index contributed by atoms with van der Waals surface area (Å²) in [7, 11) is 0. The minimum Gasteiger partial charge on any atom is -0.384 e. The molecular weight excluding hydrogens is 469 g/mol. The van der Waals surface area contributed by atoms with Gasteiger partial charge in [0.2, 0.25) is 5.91 Å². The van der Waals surface area contributed by atoms with E-state index in [4.69, 9.17) is 17.3 Å². The number of nitrogens with two attached hydrogens (primary N) is 1. The van der Waals surface area contributed by atoms with Gasteiger partial charge >= 0.3 is 6.18 Å². The molecule has 0 bridgehead atoms. The quantitative estimate of drug-likeness (QED) is 0.558. The summed E-state index contributed by atoms with van der Waals surface area (Å²) in [6.07, 6.45) is -3.27. The number of alkyl halides is 3. The third kappa shape index (κ3) is 4.22. The number of halogens is 4. The van der Waals surface area contributed by atoms with Crippen molar-refractivity contribution in [3.63, 3.8) is 0 Å². The lowest BCUT2D eigenvalue weighted by Crippen LogP contribution is -2.58. The van der Waals surface area contributed by atoms with Gasteiger partial charge in [-0.25, -0.2) is 15.0 Å². The predicted molar refractivity (Wildman–Crippen MR) is 126 cm³/mol. The van der Waals surface area contributed by atoms with Crippen LogP contribution >= 0.6 is 11.6 Å². The predicted octanol–water partition coefficient (Wildman–Crippen LogP) is 4.70. The van der Waals surface area contributed by atoms with Crippen molar-refractivity contribution in [2.24, 2.45) is 0 Å². The number of hydrogen-bond acceptors (Lipinski definition) is 6. The van der Waals surface area contributed by atoms with E-state index < -0.39 is 11.7 Å². The maximum atomic E-state index is 13.9. The van der Waals surface area contributed by atoms with Crippen LogP contribution in [0.5, 0.6) is 0 Å². The Kier molecular flexibility index (Phi) is 6.05. The van der Waals surface area contributed by atoms with E-state index in [0.717, 1.165) is 0 Å². The second-order valence-electron chi connectivity index (χ2n) is 8.66. The number of aryl methyl sites for hydroxylation is 1. The molecule has 11 heteroatoms. The van der Waals surface area contributed by atoms with E-state index >= 15 is 0 Å². The number of carbonyl (C=O) groups is 1. The molecule has 2 atom stereocenters. The van der Waals surface area contributed by atoms with Gasteiger partial charge in [0.25, 0.3) is 0 Å². The monoisotopic (exact) mass is 492 g/mol. The summed E-state index contributed by atoms with van der Waals surface area (Å²) in [6.45, 7) is 7.91. The highest BCUT2D eigenvalue weighted by molar-refractivity contribution is 6.34. The molecule has 0 spiro atoms. The zero-order valence-electron chi connectivity index (χ0n) is 19.1. The molecule has 0 aliphatic carbocycles. The van der Waals surface area contributed by atoms with Crippen molar-refractivity contribution in [3.8, 4) is 11.3 Å². The highest BCUT2D eigenvalue weighted by Crippen LogP contribution is 2.42. The largest absolute Gasteiger partial charge is 0.418 e. The Morgan fingerprint density at radius 1 is 1.15 bits per heavy atom. The molecule has 0 unspecified atom stereocenters. The molecule has 1 amide bonds. The van der Waals surface area contributed by atoms with Crippen molar-refractivity contribution < 1.29 is 18.0 Å². The van der Waals surface area contributed by atoms with Crippen LogP contribution in [0.1, 0.15) is 31.9 Å². The first-order valence-electron chi connectivity index (χ1n) is 10.7. The van der Waals surface area contributed by atoms with E-state index in [2.05, 4.69) is 19.9 Å². The molecule has 0 radical (unpaired) electrons. The number of carbonyl (C=O) groups excluding carboxylic acids is 1. The number of piperazine rings is 1. The fourth-order valence-electron chi connectivity index (χ4n) is 4.70. The van der Waals surface area contributed by atoms with Gasteiger partial charge in [-0.3, -0.25) is 4.79 Å². The summed E-state index contributed by atoms with van der Waals surface area (Å²) in [5, 5.41) is 0.676. The molecule has 2 aromatic heterocycles. The van der Waals surface area contributed by atoms with Crippen molar-refractivity contribution in [2.45, 2.75) is 46.0 Å². The highest BCUT2D eigenvalue weighted by Gasteiger charge is 2.38. The summed E-state index contributed by atoms with van der Waals surface area (Å²) < 4.78 is 41.6. The SMILES string of the molecule is CC(=O)N1C[C@H](C)N(c2ncnc3cc(-c4nc(N)cc(C)c4C(F)(F)F)c(Cl)cc23)[C@@H](C)C1. The van der Waals surface area contributed by atoms with Crippen molar-refractivity contribution in [3.05, 3.63) is 40.7 Å². The number of rotatable bonds is 2. The molecule has 180 valence electrons. The lowest BCUT2D eigenvalue weighted by atomic mass is 9.99. The molecule has 2 N–H and O–H groups in total. The summed E-state index contributed by atoms with van der Waals surface area (Å²) >= 11 is 6.54. The van der Waals surface area contributed by atoms with Gasteiger partial charge in [0.1, 0.15) is 18.0 Å². The fraction of sp³-hybridized carbons (Fsp3) is 0.391. The molecule has 1 aromatic carbocycles. The number of fused-ring (bicyclic) bond motifs is 1. The second-order valence-corrected chi connectivity index (χ2v) is 9.07. The third-order valence-corrected chi connectivity index (χ3v) is 6.40. The Balaban J connectivity index is 1.87. The summed E-state index contributed by atoms with van der Waals surface area (Å²) in [4.78, 5) is 28.5. The van der Waals surface area contributed by atoms with Crippen LogP contribution < -0.4 is 10.6 Å². The molecule has 7 nitrogen and oxygen atoms in total. The van der Waals surface area contributed by atoms with Crippen LogP contribution in [0.2, 0.25) is 5.02 Å². The van der Waals surface area contributed by atoms with Gasteiger partial charge in [0.05, 0.1) is 21.8 Å². The fourth-order valence-corrected chi connectivity index (χ4v) is 4.95. The zero-order chi connectivity index (χ0) is 24.9. The van der Waals surface area contributed by atoms with Crippen LogP contribution in [0.4, 0.5) is 24.8 Å². The maximum Gasteiger partial charge on any atom is 0.418 e. The summed E-state index contributed by atoms with van der Waals surface area (Å²) in [5.74, 6) is 0.574. The number of hydrogen-bond donors (Lipinski definition) is 1. The van der Waals surface area contributed by atoms with Crippen LogP contribution in [0.25, 0.3) is 22.2 Å². The lowest BCUT2D eigenvalue weighted by Gasteiger charge is -2.45. The number of anilines is 2. The van der Waals surface area contributed by atoms with E-state index in [1.165, 1.54) is 32.3 Å². The van der Waals surface area contributed by atoms with Crippen molar-refractivity contribution in [2.75, 3.05) is 23.7 Å². The molecule has 1 aliphatic rings. The Bertz CT molecular complexity index is 1270. The molecule has 4 rings (SSSR count). The number of nitrogens with zero attached hydrogens (tertiary/aromatic N) is 5. The van der Waals surface area contributed by atoms with E-state index in [9.17, 15) is 18.0 Å². The van der Waals surface area contributed by atoms with Crippen LogP contribution in [-0.4, -0.2) is 50.9 Å². The van der Waals surface area contributed by atoms with Crippen LogP contribution in [-0.2, 0) is 11.0 Å². The second kappa shape index (κ2) is 8.57. The molecule has 1 saturated heterocycles. The standard InChI is InChI=1S/C23H24ClF3N6O/c1-11-5-19(28)31-21(20(11)23(25,26)27)15-7-18-16(6-17(15)24)22(30-10-29-18)33-12(2)8-32(14(4)34)9-13(33)3/h5-7,10,12-13H,8-9H2,1-4H3,(H2,28,31)/t12-,13-/m0/s1. The Morgan fingerprint density at radius 2 is 1.79 bits per heavy atom. The molecule has 1 aliphatic heterocycles. The van der Waals surface area contributed by atoms with Gasteiger partial charge in [-0.15, -0.1) is 0 Å². The number of nitrogen functional groups attached to an aromatic ring is 1. The van der Waals surface area contributed by atoms with Gasteiger partial charge in [-0.2, -0.15) is 13.2 Å². The lowest BCUT2D eigenvalue weighted by molar-refractivity contribution is -0.137. The van der Waals surface area contributed by atoms with Crippen LogP contribution in [0.3, 0.4) is 0 Å². The number of pyridine rings is 1. The molecule has 0 saturated carbocycles. The van der Waals surface area contributed by atoms with E-state index in [0.29, 0.717) is 29.8 Å². The molecule has 3 heterocycles. The maximum absolute atomic E-state index is 13.9. The van der Waals surface area contributed by atoms with Crippen molar-refractivity contribution in [1.82, 2.24) is 19.9 Å². The number of benzene rings is 1. The average Bonchev–Trinajstić information content (AvgIpc) is 2.71. The van der Waals surface area contributed by atoms with Gasteiger partial charge in [-0.1, -0.05) is 11.6 Å². The van der Waals surface area contributed by atoms with Gasteiger partial charge in [0, 0.05) is 43.0 Å². The minimum absolute atomic E-state index is 0.00368. The van der Waals surface area contributed by atoms with E-state index in [1.807, 2.05) is 13.8 Å².